The van der Waals surface area contributed by atoms with Gasteiger partial charge >= 0.3 is 0 Å². The third kappa shape index (κ3) is 4.01. The van der Waals surface area contributed by atoms with Crippen LogP contribution in [0.2, 0.25) is 0 Å². The van der Waals surface area contributed by atoms with Gasteiger partial charge in [-0.15, -0.1) is 0 Å². The van der Waals surface area contributed by atoms with E-state index in [-0.39, 0.29) is 12.3 Å². The Morgan fingerprint density at radius 1 is 1.29 bits per heavy atom. The lowest BCUT2D eigenvalue weighted by molar-refractivity contribution is -0.120. The summed E-state index contributed by atoms with van der Waals surface area (Å²) in [6, 6.07) is 7.17. The summed E-state index contributed by atoms with van der Waals surface area (Å²) in [5.41, 5.74) is 0.824. The van der Waals surface area contributed by atoms with E-state index in [4.69, 9.17) is 13.9 Å². The highest BCUT2D eigenvalue weighted by Gasteiger charge is 2.12. The minimum absolute atomic E-state index is 0.0979. The molecule has 0 aliphatic heterocycles. The Kier molecular flexibility index (Phi) is 5.27. The summed E-state index contributed by atoms with van der Waals surface area (Å²) >= 11 is 3.44. The van der Waals surface area contributed by atoms with Crippen LogP contribution in [0.1, 0.15) is 11.3 Å². The van der Waals surface area contributed by atoms with E-state index in [1.165, 1.54) is 0 Å². The highest BCUT2D eigenvalue weighted by molar-refractivity contribution is 9.10. The van der Waals surface area contributed by atoms with Crippen molar-refractivity contribution < 1.29 is 18.7 Å². The highest BCUT2D eigenvalue weighted by Crippen LogP contribution is 2.33. The summed E-state index contributed by atoms with van der Waals surface area (Å²) in [7, 11) is 3.13. The molecule has 2 rings (SSSR count). The van der Waals surface area contributed by atoms with Gasteiger partial charge in [-0.3, -0.25) is 4.79 Å². The smallest absolute Gasteiger partial charge is 0.224 e. The minimum Gasteiger partial charge on any atom is -0.493 e. The topological polar surface area (TPSA) is 60.7 Å². The molecule has 0 fully saturated rings. The molecule has 21 heavy (non-hydrogen) atoms. The summed E-state index contributed by atoms with van der Waals surface area (Å²) in [5, 5.41) is 2.80. The number of halogens is 1. The second-order valence-electron chi connectivity index (χ2n) is 4.33. The molecule has 0 unspecified atom stereocenters. The first-order valence-electron chi connectivity index (χ1n) is 6.33. The molecule has 1 aromatic heterocycles. The number of rotatable bonds is 6. The van der Waals surface area contributed by atoms with E-state index in [0.29, 0.717) is 18.0 Å². The summed E-state index contributed by atoms with van der Waals surface area (Å²) in [6.45, 7) is 0.372. The number of hydrogen-bond acceptors (Lipinski definition) is 4. The second kappa shape index (κ2) is 7.17. The van der Waals surface area contributed by atoms with E-state index in [9.17, 15) is 4.79 Å². The largest absolute Gasteiger partial charge is 0.493 e. The van der Waals surface area contributed by atoms with Gasteiger partial charge in [0, 0.05) is 4.47 Å². The molecule has 1 N–H and O–H groups in total. The molecule has 1 aromatic carbocycles. The van der Waals surface area contributed by atoms with E-state index >= 15 is 0 Å². The van der Waals surface area contributed by atoms with Gasteiger partial charge in [-0.1, -0.05) is 15.9 Å². The Hall–Kier alpha value is -1.95. The summed E-state index contributed by atoms with van der Waals surface area (Å²) in [6.07, 6.45) is 1.81. The molecule has 0 aliphatic rings. The lowest BCUT2D eigenvalue weighted by Gasteiger charge is -2.11. The number of furan rings is 1. The first kappa shape index (κ1) is 15.4. The van der Waals surface area contributed by atoms with Crippen molar-refractivity contribution in [1.82, 2.24) is 5.32 Å². The van der Waals surface area contributed by atoms with Gasteiger partial charge in [0.05, 0.1) is 33.4 Å². The van der Waals surface area contributed by atoms with Crippen molar-refractivity contribution in [2.24, 2.45) is 0 Å². The summed E-state index contributed by atoms with van der Waals surface area (Å²) < 4.78 is 16.4. The molecule has 112 valence electrons. The number of methoxy groups -OCH3 is 2. The van der Waals surface area contributed by atoms with Crippen molar-refractivity contribution in [3.63, 3.8) is 0 Å². The number of ether oxygens (including phenoxy) is 2. The predicted molar refractivity (Wildman–Crippen MR) is 81.5 cm³/mol. The molecular formula is C15H16BrNO4. The van der Waals surface area contributed by atoms with Crippen LogP contribution in [0, 0.1) is 0 Å². The molecule has 5 nitrogen and oxygen atoms in total. The summed E-state index contributed by atoms with van der Waals surface area (Å²) in [4.78, 5) is 12.0. The highest BCUT2D eigenvalue weighted by atomic mass is 79.9. The Morgan fingerprint density at radius 3 is 2.62 bits per heavy atom. The van der Waals surface area contributed by atoms with Crippen molar-refractivity contribution in [2.75, 3.05) is 14.2 Å². The van der Waals surface area contributed by atoms with E-state index < -0.39 is 0 Å². The van der Waals surface area contributed by atoms with Crippen molar-refractivity contribution in [3.8, 4) is 11.5 Å². The van der Waals surface area contributed by atoms with Crippen molar-refractivity contribution in [1.29, 1.82) is 0 Å². The van der Waals surface area contributed by atoms with Crippen LogP contribution < -0.4 is 14.8 Å². The van der Waals surface area contributed by atoms with Crippen molar-refractivity contribution >= 4 is 21.8 Å². The molecule has 2 aromatic rings. The number of amides is 1. The maximum absolute atomic E-state index is 12.0. The van der Waals surface area contributed by atoms with Gasteiger partial charge in [0.15, 0.2) is 11.5 Å². The van der Waals surface area contributed by atoms with Gasteiger partial charge in [-0.25, -0.2) is 0 Å². The fourth-order valence-electron chi connectivity index (χ4n) is 1.87. The molecule has 6 heteroatoms. The molecule has 0 saturated carbocycles. The third-order valence-corrected chi connectivity index (χ3v) is 3.68. The lowest BCUT2D eigenvalue weighted by atomic mass is 10.1. The zero-order valence-electron chi connectivity index (χ0n) is 11.8. The molecular weight excluding hydrogens is 338 g/mol. The van der Waals surface area contributed by atoms with E-state index in [1.54, 1.807) is 38.7 Å². The van der Waals surface area contributed by atoms with Gasteiger partial charge in [0.2, 0.25) is 5.91 Å². The van der Waals surface area contributed by atoms with Crippen LogP contribution in [-0.4, -0.2) is 20.1 Å². The van der Waals surface area contributed by atoms with E-state index in [1.807, 2.05) is 6.07 Å². The van der Waals surface area contributed by atoms with Gasteiger partial charge in [0.25, 0.3) is 0 Å². The molecule has 0 radical (unpaired) electrons. The van der Waals surface area contributed by atoms with Crippen LogP contribution in [0.3, 0.4) is 0 Å². The minimum atomic E-state index is -0.0979. The lowest BCUT2D eigenvalue weighted by Crippen LogP contribution is -2.24. The standard InChI is InChI=1S/C15H16BrNO4/c1-19-13-6-10(12(16)8-14(13)20-2)7-15(18)17-9-11-4-3-5-21-11/h3-6,8H,7,9H2,1-2H3,(H,17,18). The Bertz CT molecular complexity index is 610. The number of nitrogens with one attached hydrogen (secondary N) is 1. The zero-order chi connectivity index (χ0) is 15.2. The number of hydrogen-bond donors (Lipinski definition) is 1. The first-order valence-corrected chi connectivity index (χ1v) is 7.12. The quantitative estimate of drug-likeness (QED) is 0.867. The molecule has 1 heterocycles. The fraction of sp³-hybridized carbons (Fsp3) is 0.267. The molecule has 0 aliphatic carbocycles. The maximum atomic E-state index is 12.0. The molecule has 0 atom stereocenters. The monoisotopic (exact) mass is 353 g/mol. The van der Waals surface area contributed by atoms with E-state index in [0.717, 1.165) is 15.8 Å². The van der Waals surface area contributed by atoms with Gasteiger partial charge in [0.1, 0.15) is 5.76 Å². The zero-order valence-corrected chi connectivity index (χ0v) is 13.4. The molecule has 0 saturated heterocycles. The predicted octanol–water partition coefficient (Wildman–Crippen LogP) is 2.92. The first-order chi connectivity index (χ1) is 10.1. The van der Waals surface area contributed by atoms with E-state index in [2.05, 4.69) is 21.2 Å². The molecule has 1 amide bonds. The third-order valence-electron chi connectivity index (χ3n) is 2.94. The van der Waals surface area contributed by atoms with Crippen molar-refractivity contribution in [2.45, 2.75) is 13.0 Å². The van der Waals surface area contributed by atoms with Crippen LogP contribution in [0.15, 0.2) is 39.4 Å². The normalized spacial score (nSPS) is 10.2. The fourth-order valence-corrected chi connectivity index (χ4v) is 2.33. The van der Waals surface area contributed by atoms with Crippen LogP contribution in [0.25, 0.3) is 0 Å². The number of carbonyl (C=O) groups is 1. The van der Waals surface area contributed by atoms with Crippen LogP contribution in [0.4, 0.5) is 0 Å². The van der Waals surface area contributed by atoms with Crippen LogP contribution in [0.5, 0.6) is 11.5 Å². The number of benzene rings is 1. The Morgan fingerprint density at radius 2 is 2.00 bits per heavy atom. The second-order valence-corrected chi connectivity index (χ2v) is 5.19. The molecule has 0 spiro atoms. The van der Waals surface area contributed by atoms with Gasteiger partial charge in [-0.05, 0) is 29.8 Å². The van der Waals surface area contributed by atoms with Crippen LogP contribution >= 0.6 is 15.9 Å². The number of carbonyl (C=O) groups excluding carboxylic acids is 1. The average Bonchev–Trinajstić information content (AvgIpc) is 3.00. The molecule has 0 bridgehead atoms. The summed E-state index contributed by atoms with van der Waals surface area (Å²) in [5.74, 6) is 1.83. The average molecular weight is 354 g/mol. The van der Waals surface area contributed by atoms with Crippen LogP contribution in [-0.2, 0) is 17.8 Å². The Balaban J connectivity index is 2.03. The van der Waals surface area contributed by atoms with Gasteiger partial charge in [-0.2, -0.15) is 0 Å². The van der Waals surface area contributed by atoms with Gasteiger partial charge < -0.3 is 19.2 Å². The van der Waals surface area contributed by atoms with Crippen molar-refractivity contribution in [3.05, 3.63) is 46.3 Å². The Labute approximate surface area is 131 Å². The SMILES string of the molecule is COc1cc(Br)c(CC(=O)NCc2ccco2)cc1OC. The maximum Gasteiger partial charge on any atom is 0.224 e.